The summed E-state index contributed by atoms with van der Waals surface area (Å²) in [6, 6.07) is 5.37. The number of ketones is 1. The number of amides is 1. The molecule has 7 nitrogen and oxygen atoms in total. The molecule has 2 rings (SSSR count). The Morgan fingerprint density at radius 1 is 1.42 bits per heavy atom. The fourth-order valence-electron chi connectivity index (χ4n) is 3.04. The van der Waals surface area contributed by atoms with Gasteiger partial charge in [-0.3, -0.25) is 9.59 Å². The summed E-state index contributed by atoms with van der Waals surface area (Å²) < 4.78 is 5.46. The van der Waals surface area contributed by atoms with Crippen LogP contribution >= 0.6 is 0 Å². The number of carbonyl (C=O) groups is 2. The first-order valence-corrected chi connectivity index (χ1v) is 8.50. The van der Waals surface area contributed by atoms with Crippen LogP contribution in [0.4, 0.5) is 5.69 Å². The van der Waals surface area contributed by atoms with Gasteiger partial charge in [-0.05, 0) is 13.0 Å². The monoisotopic (exact) mass is 360 g/mol. The molecule has 0 bridgehead atoms. The van der Waals surface area contributed by atoms with Crippen LogP contribution in [0, 0.1) is 0 Å². The number of hydrogen-bond donors (Lipinski definition) is 2. The van der Waals surface area contributed by atoms with Crippen molar-refractivity contribution in [3.8, 4) is 5.75 Å². The summed E-state index contributed by atoms with van der Waals surface area (Å²) in [7, 11) is 1.51. The summed E-state index contributed by atoms with van der Waals surface area (Å²) >= 11 is 0. The molecule has 0 radical (unpaired) electrons. The maximum Gasteiger partial charge on any atom is 0.221 e. The minimum absolute atomic E-state index is 0.0566. The average Bonchev–Trinajstić information content (AvgIpc) is 2.59. The molecule has 0 heterocycles. The third-order valence-electron chi connectivity index (χ3n) is 4.13. The van der Waals surface area contributed by atoms with Crippen molar-refractivity contribution in [3.05, 3.63) is 35.1 Å². The Morgan fingerprint density at radius 3 is 2.81 bits per heavy atom. The number of aliphatic hydroxyl groups excluding tert-OH is 1. The third-order valence-corrected chi connectivity index (χ3v) is 4.13. The number of para-hydroxylation sites is 1. The van der Waals surface area contributed by atoms with Gasteiger partial charge in [0.25, 0.3) is 0 Å². The van der Waals surface area contributed by atoms with Crippen LogP contribution in [0.15, 0.2) is 34.7 Å². The van der Waals surface area contributed by atoms with Gasteiger partial charge in [-0.2, -0.15) is 0 Å². The molecule has 1 aliphatic rings. The van der Waals surface area contributed by atoms with Crippen LogP contribution in [-0.2, 0) is 14.4 Å². The van der Waals surface area contributed by atoms with E-state index in [-0.39, 0.29) is 36.2 Å². The fourth-order valence-corrected chi connectivity index (χ4v) is 3.04. The number of hydrogen-bond acceptors (Lipinski definition) is 6. The first-order valence-electron chi connectivity index (χ1n) is 8.50. The zero-order valence-electron chi connectivity index (χ0n) is 15.2. The highest BCUT2D eigenvalue weighted by molar-refractivity contribution is 6.00. The van der Waals surface area contributed by atoms with Crippen molar-refractivity contribution in [2.75, 3.05) is 19.0 Å². The maximum atomic E-state index is 12.5. The lowest BCUT2D eigenvalue weighted by molar-refractivity contribution is -0.117. The SMILES string of the molecule is CCON=CCC1=C(O)CC(c2cccc(NC(C)=O)c2OC)CC1=O. The Balaban J connectivity index is 2.25. The lowest BCUT2D eigenvalue weighted by Crippen LogP contribution is -2.19. The standard InChI is InChI=1S/C19H24N2O5/c1-4-26-20-9-8-15-17(23)10-13(11-18(15)24)14-6-5-7-16(19(14)25-3)21-12(2)22/h5-7,9,13,23H,4,8,10-11H2,1-3H3,(H,21,22). The van der Waals surface area contributed by atoms with Crippen molar-refractivity contribution in [1.29, 1.82) is 0 Å². The second-order valence-electron chi connectivity index (χ2n) is 5.97. The predicted molar refractivity (Wildman–Crippen MR) is 98.7 cm³/mol. The number of allylic oxidation sites excluding steroid dienone is 2. The van der Waals surface area contributed by atoms with E-state index in [4.69, 9.17) is 9.57 Å². The molecule has 0 aromatic heterocycles. The van der Waals surface area contributed by atoms with Crippen molar-refractivity contribution in [1.82, 2.24) is 0 Å². The van der Waals surface area contributed by atoms with Gasteiger partial charge < -0.3 is 20.0 Å². The summed E-state index contributed by atoms with van der Waals surface area (Å²) in [5.41, 5.74) is 1.69. The normalized spacial score (nSPS) is 17.5. The van der Waals surface area contributed by atoms with Crippen LogP contribution in [0.5, 0.6) is 5.75 Å². The van der Waals surface area contributed by atoms with Gasteiger partial charge in [0.05, 0.1) is 18.6 Å². The molecule has 0 aliphatic heterocycles. The van der Waals surface area contributed by atoms with Crippen molar-refractivity contribution >= 4 is 23.6 Å². The molecule has 1 unspecified atom stereocenters. The quantitative estimate of drug-likeness (QED) is 0.574. The molecule has 1 aromatic carbocycles. The van der Waals surface area contributed by atoms with Gasteiger partial charge in [0.2, 0.25) is 5.91 Å². The smallest absolute Gasteiger partial charge is 0.221 e. The number of anilines is 1. The van der Waals surface area contributed by atoms with Crippen molar-refractivity contribution < 1.29 is 24.3 Å². The molecule has 7 heteroatoms. The van der Waals surface area contributed by atoms with Crippen LogP contribution in [0.3, 0.4) is 0 Å². The molecule has 1 aromatic rings. The van der Waals surface area contributed by atoms with Crippen LogP contribution < -0.4 is 10.1 Å². The number of carbonyl (C=O) groups excluding carboxylic acids is 2. The molecule has 140 valence electrons. The van der Waals surface area contributed by atoms with E-state index in [1.54, 1.807) is 12.1 Å². The van der Waals surface area contributed by atoms with Crippen molar-refractivity contribution in [2.45, 2.75) is 39.0 Å². The van der Waals surface area contributed by atoms with Gasteiger partial charge in [-0.15, -0.1) is 0 Å². The second-order valence-corrected chi connectivity index (χ2v) is 5.97. The van der Waals surface area contributed by atoms with Crippen LogP contribution in [-0.4, -0.2) is 36.7 Å². The lowest BCUT2D eigenvalue weighted by atomic mass is 9.81. The highest BCUT2D eigenvalue weighted by Gasteiger charge is 2.30. The number of nitrogens with zero attached hydrogens (tertiary/aromatic N) is 1. The molecule has 0 saturated heterocycles. The van der Waals surface area contributed by atoms with E-state index in [1.807, 2.05) is 13.0 Å². The second kappa shape index (κ2) is 9.03. The van der Waals surface area contributed by atoms with Gasteiger partial charge in [0.1, 0.15) is 12.4 Å². The predicted octanol–water partition coefficient (Wildman–Crippen LogP) is 3.32. The number of oxime groups is 1. The zero-order valence-corrected chi connectivity index (χ0v) is 15.2. The van der Waals surface area contributed by atoms with Crippen LogP contribution in [0.2, 0.25) is 0 Å². The van der Waals surface area contributed by atoms with E-state index in [1.165, 1.54) is 20.2 Å². The van der Waals surface area contributed by atoms with Gasteiger partial charge in [-0.25, -0.2) is 0 Å². The zero-order chi connectivity index (χ0) is 19.1. The Bertz CT molecular complexity index is 739. The number of benzene rings is 1. The van der Waals surface area contributed by atoms with E-state index in [9.17, 15) is 14.7 Å². The summed E-state index contributed by atoms with van der Waals surface area (Å²) in [6.07, 6.45) is 2.29. The number of aliphatic hydroxyl groups is 1. The van der Waals surface area contributed by atoms with E-state index < -0.39 is 0 Å². The number of ether oxygens (including phenoxy) is 1. The number of Topliss-reactive ketones (excluding diaryl/α,β-unsaturated/α-hetero) is 1. The molecule has 1 atom stereocenters. The highest BCUT2D eigenvalue weighted by Crippen LogP contribution is 2.41. The number of methoxy groups -OCH3 is 1. The van der Waals surface area contributed by atoms with Gasteiger partial charge in [-0.1, -0.05) is 17.3 Å². The number of nitrogens with one attached hydrogen (secondary N) is 1. The van der Waals surface area contributed by atoms with Gasteiger partial charge in [0, 0.05) is 49.5 Å². The molecule has 0 spiro atoms. The van der Waals surface area contributed by atoms with E-state index in [0.29, 0.717) is 30.0 Å². The van der Waals surface area contributed by atoms with Gasteiger partial charge in [0.15, 0.2) is 5.78 Å². The van der Waals surface area contributed by atoms with Crippen LogP contribution in [0.25, 0.3) is 0 Å². The molecular formula is C19H24N2O5. The summed E-state index contributed by atoms with van der Waals surface area (Å²) in [5, 5.41) is 16.8. The van der Waals surface area contributed by atoms with E-state index in [2.05, 4.69) is 10.5 Å². The Kier molecular flexibility index (Phi) is 6.77. The molecule has 2 N–H and O–H groups in total. The molecule has 1 amide bonds. The minimum atomic E-state index is -0.223. The topological polar surface area (TPSA) is 97.2 Å². The maximum absolute atomic E-state index is 12.5. The largest absolute Gasteiger partial charge is 0.512 e. The minimum Gasteiger partial charge on any atom is -0.512 e. The molecule has 0 fully saturated rings. The van der Waals surface area contributed by atoms with Crippen molar-refractivity contribution in [2.24, 2.45) is 5.16 Å². The summed E-state index contributed by atoms with van der Waals surface area (Å²) in [4.78, 5) is 28.7. The first kappa shape index (κ1) is 19.5. The van der Waals surface area contributed by atoms with E-state index in [0.717, 1.165) is 5.56 Å². The summed E-state index contributed by atoms with van der Waals surface area (Å²) in [5.74, 6) is 0.00189. The number of rotatable bonds is 7. The Labute approximate surface area is 152 Å². The average molecular weight is 360 g/mol. The molecule has 1 aliphatic carbocycles. The van der Waals surface area contributed by atoms with E-state index >= 15 is 0 Å². The highest BCUT2D eigenvalue weighted by atomic mass is 16.6. The fraction of sp³-hybridized carbons (Fsp3) is 0.421. The van der Waals surface area contributed by atoms with Crippen LogP contribution in [0.1, 0.15) is 44.6 Å². The summed E-state index contributed by atoms with van der Waals surface area (Å²) in [6.45, 7) is 3.68. The molecule has 26 heavy (non-hydrogen) atoms. The van der Waals surface area contributed by atoms with Crippen molar-refractivity contribution in [3.63, 3.8) is 0 Å². The molecule has 0 saturated carbocycles. The third kappa shape index (κ3) is 4.62. The Morgan fingerprint density at radius 2 is 2.19 bits per heavy atom. The van der Waals surface area contributed by atoms with Gasteiger partial charge >= 0.3 is 0 Å². The Hall–Kier alpha value is -2.83. The first-order chi connectivity index (χ1) is 12.5. The molecular weight excluding hydrogens is 336 g/mol. The lowest BCUT2D eigenvalue weighted by Gasteiger charge is -2.25.